The van der Waals surface area contributed by atoms with Gasteiger partial charge in [0.25, 0.3) is 0 Å². The quantitative estimate of drug-likeness (QED) is 0.427. The number of hydrogen-bond donors (Lipinski definition) is 2. The van der Waals surface area contributed by atoms with Crippen molar-refractivity contribution >= 4 is 11.9 Å². The van der Waals surface area contributed by atoms with Gasteiger partial charge in [-0.15, -0.1) is 0 Å². The van der Waals surface area contributed by atoms with E-state index in [-0.39, 0.29) is 29.0 Å². The lowest BCUT2D eigenvalue weighted by Gasteiger charge is -2.60. The molecule has 36 heavy (non-hydrogen) atoms. The Morgan fingerprint density at radius 3 is 2.44 bits per heavy atom. The number of carbonyl (C=O) groups is 2. The molecular formula is C30H44O6. The lowest BCUT2D eigenvalue weighted by molar-refractivity contribution is -0.194. The van der Waals surface area contributed by atoms with Crippen molar-refractivity contribution in [1.82, 2.24) is 0 Å². The van der Waals surface area contributed by atoms with Gasteiger partial charge in [-0.2, -0.15) is 0 Å². The van der Waals surface area contributed by atoms with Crippen LogP contribution < -0.4 is 0 Å². The van der Waals surface area contributed by atoms with Gasteiger partial charge in [0.2, 0.25) is 0 Å². The highest BCUT2D eigenvalue weighted by Crippen LogP contribution is 2.70. The van der Waals surface area contributed by atoms with E-state index in [1.807, 2.05) is 0 Å². The summed E-state index contributed by atoms with van der Waals surface area (Å²) in [6, 6.07) is 0. The highest BCUT2D eigenvalue weighted by Gasteiger charge is 2.67. The minimum atomic E-state index is -1.41. The van der Waals surface area contributed by atoms with Crippen LogP contribution in [0.2, 0.25) is 0 Å². The van der Waals surface area contributed by atoms with E-state index in [4.69, 9.17) is 9.47 Å². The summed E-state index contributed by atoms with van der Waals surface area (Å²) in [6.07, 6.45) is 10.0. The molecule has 0 aromatic carbocycles. The number of allylic oxidation sites excluding steroid dienone is 1. The van der Waals surface area contributed by atoms with E-state index in [2.05, 4.69) is 26.8 Å². The molecule has 12 atom stereocenters. The fourth-order valence-corrected chi connectivity index (χ4v) is 10.5. The van der Waals surface area contributed by atoms with Crippen LogP contribution in [0.3, 0.4) is 0 Å². The van der Waals surface area contributed by atoms with Gasteiger partial charge in [0, 0.05) is 24.2 Å². The van der Waals surface area contributed by atoms with Crippen molar-refractivity contribution in [3.8, 4) is 0 Å². The SMILES string of the molecule is CC(=O)O[C@H]1C[C@H](O)CC2=CC[C@H]3[C@@H]4CC[C@H]([C@@H]5C[C@@]6(C)C[C@@H]5OC(=O)[C@@]6(C)O)[C@@]4(C)CC[C@@H]3[C@]21C. The predicted molar refractivity (Wildman–Crippen MR) is 133 cm³/mol. The van der Waals surface area contributed by atoms with Crippen molar-refractivity contribution in [3.63, 3.8) is 0 Å². The Bertz CT molecular complexity index is 1000. The molecule has 0 unspecified atom stereocenters. The average molecular weight is 501 g/mol. The Balaban J connectivity index is 1.29. The maximum Gasteiger partial charge on any atom is 0.338 e. The summed E-state index contributed by atoms with van der Waals surface area (Å²) in [5.41, 5.74) is -0.563. The first-order chi connectivity index (χ1) is 16.8. The van der Waals surface area contributed by atoms with E-state index < -0.39 is 23.1 Å². The monoisotopic (exact) mass is 500 g/mol. The third kappa shape index (κ3) is 3.15. The molecule has 1 heterocycles. The molecule has 1 saturated heterocycles. The van der Waals surface area contributed by atoms with Gasteiger partial charge >= 0.3 is 11.9 Å². The van der Waals surface area contributed by atoms with Crippen molar-refractivity contribution in [1.29, 1.82) is 0 Å². The van der Waals surface area contributed by atoms with Crippen molar-refractivity contribution in [2.75, 3.05) is 0 Å². The molecule has 4 saturated carbocycles. The van der Waals surface area contributed by atoms with E-state index in [1.165, 1.54) is 18.9 Å². The van der Waals surface area contributed by atoms with Crippen LogP contribution in [0, 0.1) is 45.8 Å². The van der Waals surface area contributed by atoms with E-state index in [0.717, 1.165) is 38.5 Å². The molecule has 5 aliphatic carbocycles. The van der Waals surface area contributed by atoms with E-state index in [9.17, 15) is 19.8 Å². The van der Waals surface area contributed by atoms with Crippen LogP contribution in [-0.4, -0.2) is 46.1 Å². The highest BCUT2D eigenvalue weighted by molar-refractivity contribution is 5.81. The first-order valence-corrected chi connectivity index (χ1v) is 14.3. The largest absolute Gasteiger partial charge is 0.462 e. The molecule has 0 radical (unpaired) electrons. The zero-order valence-electron chi connectivity index (χ0n) is 22.6. The second kappa shape index (κ2) is 7.81. The Morgan fingerprint density at radius 1 is 1.06 bits per heavy atom. The molecule has 0 amide bonds. The molecule has 0 aromatic heterocycles. The van der Waals surface area contributed by atoms with Crippen LogP contribution in [0.1, 0.15) is 92.4 Å². The van der Waals surface area contributed by atoms with Gasteiger partial charge in [0.1, 0.15) is 12.2 Å². The number of rotatable bonds is 2. The van der Waals surface area contributed by atoms with Gasteiger partial charge in [-0.25, -0.2) is 4.79 Å². The zero-order chi connectivity index (χ0) is 25.8. The molecule has 5 fully saturated rings. The third-order valence-electron chi connectivity index (χ3n) is 12.7. The fraction of sp³-hybridized carbons (Fsp3) is 0.867. The predicted octanol–water partition coefficient (Wildman–Crippen LogP) is 4.56. The summed E-state index contributed by atoms with van der Waals surface area (Å²) in [7, 11) is 0. The lowest BCUT2D eigenvalue weighted by Crippen LogP contribution is -2.56. The minimum Gasteiger partial charge on any atom is -0.462 e. The average Bonchev–Trinajstić information content (AvgIpc) is 3.29. The smallest absolute Gasteiger partial charge is 0.338 e. The van der Waals surface area contributed by atoms with Crippen molar-refractivity contribution in [3.05, 3.63) is 11.6 Å². The molecule has 1 aliphatic heterocycles. The summed E-state index contributed by atoms with van der Waals surface area (Å²) in [4.78, 5) is 24.7. The normalized spacial score (nSPS) is 55.6. The van der Waals surface area contributed by atoms with Crippen LogP contribution in [0.5, 0.6) is 0 Å². The molecule has 6 aliphatic rings. The van der Waals surface area contributed by atoms with E-state index in [1.54, 1.807) is 6.92 Å². The standard InChI is InChI=1S/C30H44O6/c1-16(31)35-25-13-18(32)12-17-6-7-19-21-8-9-22(28(21,3)11-10-23(19)29(17,25)4)20-14-27(2)15-24(20)36-26(33)30(27,5)34/h6,18-25,32,34H,7-15H2,1-5H3/t18-,19+,20+,21+,22-,23+,24+,25+,27+,28+,29+,30-/m1/s1. The summed E-state index contributed by atoms with van der Waals surface area (Å²) < 4.78 is 11.8. The van der Waals surface area contributed by atoms with Gasteiger partial charge in [-0.1, -0.05) is 32.4 Å². The molecular weight excluding hydrogens is 456 g/mol. The van der Waals surface area contributed by atoms with E-state index >= 15 is 0 Å². The van der Waals surface area contributed by atoms with Gasteiger partial charge in [0.15, 0.2) is 5.60 Å². The van der Waals surface area contributed by atoms with Gasteiger partial charge < -0.3 is 19.7 Å². The van der Waals surface area contributed by atoms with Crippen LogP contribution in [0.4, 0.5) is 0 Å². The number of ether oxygens (including phenoxy) is 2. The maximum atomic E-state index is 12.7. The molecule has 0 aromatic rings. The number of esters is 2. The molecule has 6 heteroatoms. The molecule has 2 bridgehead atoms. The molecule has 6 nitrogen and oxygen atoms in total. The topological polar surface area (TPSA) is 93.1 Å². The van der Waals surface area contributed by atoms with Crippen LogP contribution in [0.25, 0.3) is 0 Å². The molecule has 2 N–H and O–H groups in total. The first kappa shape index (κ1) is 24.9. The number of hydrogen-bond acceptors (Lipinski definition) is 6. The van der Waals surface area contributed by atoms with E-state index in [0.29, 0.717) is 42.4 Å². The van der Waals surface area contributed by atoms with Gasteiger partial charge in [-0.05, 0) is 93.3 Å². The first-order valence-electron chi connectivity index (χ1n) is 14.3. The van der Waals surface area contributed by atoms with Gasteiger partial charge in [-0.3, -0.25) is 4.79 Å². The third-order valence-corrected chi connectivity index (χ3v) is 12.7. The Hall–Kier alpha value is -1.40. The molecule has 200 valence electrons. The number of aliphatic hydroxyl groups excluding tert-OH is 1. The highest BCUT2D eigenvalue weighted by atomic mass is 16.6. The van der Waals surface area contributed by atoms with Crippen LogP contribution >= 0.6 is 0 Å². The zero-order valence-corrected chi connectivity index (χ0v) is 22.6. The molecule has 6 rings (SSSR count). The second-order valence-electron chi connectivity index (χ2n) is 14.2. The summed E-state index contributed by atoms with van der Waals surface area (Å²) >= 11 is 0. The summed E-state index contributed by atoms with van der Waals surface area (Å²) in [6.45, 7) is 9.99. The lowest BCUT2D eigenvalue weighted by atomic mass is 9.46. The van der Waals surface area contributed by atoms with Crippen molar-refractivity contribution < 1.29 is 29.3 Å². The van der Waals surface area contributed by atoms with Gasteiger partial charge in [0.05, 0.1) is 6.10 Å². The second-order valence-corrected chi connectivity index (χ2v) is 14.2. The maximum absolute atomic E-state index is 12.7. The Labute approximate surface area is 215 Å². The number of aliphatic hydroxyl groups is 2. The Morgan fingerprint density at radius 2 is 1.75 bits per heavy atom. The van der Waals surface area contributed by atoms with Crippen molar-refractivity contribution in [2.24, 2.45) is 45.8 Å². The van der Waals surface area contributed by atoms with Crippen LogP contribution in [-0.2, 0) is 19.1 Å². The number of fused-ring (bicyclic) bond motifs is 7. The fourth-order valence-electron chi connectivity index (χ4n) is 10.5. The van der Waals surface area contributed by atoms with Crippen LogP contribution in [0.15, 0.2) is 11.6 Å². The van der Waals surface area contributed by atoms with Crippen molar-refractivity contribution in [2.45, 2.75) is 116 Å². The number of carbonyl (C=O) groups excluding carboxylic acids is 2. The summed E-state index contributed by atoms with van der Waals surface area (Å²) in [5.74, 6) is 1.68. The Kier molecular flexibility index (Phi) is 5.41. The molecule has 0 spiro atoms. The minimum absolute atomic E-state index is 0.0791. The summed E-state index contributed by atoms with van der Waals surface area (Å²) in [5, 5.41) is 21.6.